The number of alkyl halides is 1. The summed E-state index contributed by atoms with van der Waals surface area (Å²) in [6.07, 6.45) is 0. The fourth-order valence-electron chi connectivity index (χ4n) is 1.39. The van der Waals surface area contributed by atoms with E-state index in [-0.39, 0.29) is 0 Å². The van der Waals surface area contributed by atoms with Crippen LogP contribution in [0.25, 0.3) is 10.1 Å². The summed E-state index contributed by atoms with van der Waals surface area (Å²) in [4.78, 5) is 1.20. The first-order valence-electron chi connectivity index (χ1n) is 3.99. The first-order valence-corrected chi connectivity index (χ1v) is 5.34. The highest BCUT2D eigenvalue weighted by molar-refractivity contribution is 7.19. The molecule has 0 amide bonds. The Morgan fingerprint density at radius 2 is 2.23 bits per heavy atom. The van der Waals surface area contributed by atoms with Gasteiger partial charge in [-0.05, 0) is 24.6 Å². The van der Waals surface area contributed by atoms with Gasteiger partial charge in [-0.2, -0.15) is 0 Å². The van der Waals surface area contributed by atoms with Crippen molar-refractivity contribution < 1.29 is 5.11 Å². The van der Waals surface area contributed by atoms with E-state index in [0.29, 0.717) is 11.6 Å². The Kier molecular flexibility index (Phi) is 2.18. The second kappa shape index (κ2) is 3.20. The molecule has 1 heterocycles. The molecule has 1 N–H and O–H groups in total. The number of hydrogen-bond donors (Lipinski definition) is 1. The number of thiophene rings is 1. The normalized spacial score (nSPS) is 10.9. The van der Waals surface area contributed by atoms with Crippen molar-refractivity contribution in [2.24, 2.45) is 0 Å². The van der Waals surface area contributed by atoms with Crippen LogP contribution in [0.4, 0.5) is 0 Å². The van der Waals surface area contributed by atoms with E-state index in [4.69, 9.17) is 11.6 Å². The molecule has 3 heteroatoms. The van der Waals surface area contributed by atoms with Crippen molar-refractivity contribution in [2.45, 2.75) is 12.8 Å². The molecule has 0 bridgehead atoms. The van der Waals surface area contributed by atoms with E-state index in [9.17, 15) is 5.11 Å². The third-order valence-corrected chi connectivity index (χ3v) is 3.42. The number of phenols is 1. The molecule has 2 rings (SSSR count). The van der Waals surface area contributed by atoms with Gasteiger partial charge >= 0.3 is 0 Å². The molecule has 0 aliphatic rings. The second-order valence-electron chi connectivity index (χ2n) is 2.98. The highest BCUT2D eigenvalue weighted by Gasteiger charge is 2.07. The molecule has 68 valence electrons. The lowest BCUT2D eigenvalue weighted by molar-refractivity contribution is 0.481. The number of rotatable bonds is 1. The predicted molar refractivity (Wildman–Crippen MR) is 57.8 cm³/mol. The maximum atomic E-state index is 9.57. The Labute approximate surface area is 85.6 Å². The van der Waals surface area contributed by atoms with E-state index in [2.05, 4.69) is 0 Å². The highest BCUT2D eigenvalue weighted by atomic mass is 35.5. The van der Waals surface area contributed by atoms with Gasteiger partial charge in [0, 0.05) is 20.8 Å². The molecule has 0 spiro atoms. The van der Waals surface area contributed by atoms with E-state index in [1.807, 2.05) is 19.1 Å². The van der Waals surface area contributed by atoms with Gasteiger partial charge in [-0.25, -0.2) is 0 Å². The summed E-state index contributed by atoms with van der Waals surface area (Å²) < 4.78 is 1.10. The molecular weight excluding hydrogens is 204 g/mol. The van der Waals surface area contributed by atoms with Crippen molar-refractivity contribution in [3.8, 4) is 5.75 Å². The number of fused-ring (bicyclic) bond motifs is 1. The maximum absolute atomic E-state index is 9.57. The monoisotopic (exact) mass is 212 g/mol. The van der Waals surface area contributed by atoms with E-state index in [0.717, 1.165) is 15.6 Å². The molecule has 1 aromatic carbocycles. The molecule has 0 radical (unpaired) electrons. The standard InChI is InChI=1S/C10H9ClOS/c1-6-4-8-9(12)3-2-7(5-11)10(8)13-6/h2-4,12H,5H2,1H3. The Morgan fingerprint density at radius 3 is 2.92 bits per heavy atom. The van der Waals surface area contributed by atoms with Crippen molar-refractivity contribution in [2.75, 3.05) is 0 Å². The van der Waals surface area contributed by atoms with Crippen molar-refractivity contribution in [1.29, 1.82) is 0 Å². The number of halogens is 1. The molecule has 0 saturated carbocycles. The molecular formula is C10H9ClOS. The van der Waals surface area contributed by atoms with Crippen LogP contribution in [0.15, 0.2) is 18.2 Å². The lowest BCUT2D eigenvalue weighted by atomic mass is 10.1. The van der Waals surface area contributed by atoms with Gasteiger partial charge in [0.15, 0.2) is 0 Å². The SMILES string of the molecule is Cc1cc2c(O)ccc(CCl)c2s1. The van der Waals surface area contributed by atoms with Gasteiger partial charge in [-0.1, -0.05) is 6.07 Å². The average molecular weight is 213 g/mol. The van der Waals surface area contributed by atoms with Crippen molar-refractivity contribution in [1.82, 2.24) is 0 Å². The third-order valence-electron chi connectivity index (χ3n) is 2.01. The summed E-state index contributed by atoms with van der Waals surface area (Å²) in [5, 5.41) is 10.5. The number of hydrogen-bond acceptors (Lipinski definition) is 2. The van der Waals surface area contributed by atoms with E-state index in [1.54, 1.807) is 17.4 Å². The Bertz CT molecular complexity index is 447. The average Bonchev–Trinajstić information content (AvgIpc) is 2.48. The van der Waals surface area contributed by atoms with Crippen LogP contribution in [-0.4, -0.2) is 5.11 Å². The van der Waals surface area contributed by atoms with Gasteiger partial charge in [-0.15, -0.1) is 22.9 Å². The minimum atomic E-state index is 0.341. The summed E-state index contributed by atoms with van der Waals surface area (Å²) in [6.45, 7) is 2.03. The summed E-state index contributed by atoms with van der Waals surface area (Å²) in [6, 6.07) is 5.57. The molecule has 0 aliphatic heterocycles. The van der Waals surface area contributed by atoms with Gasteiger partial charge in [0.2, 0.25) is 0 Å². The van der Waals surface area contributed by atoms with Crippen LogP contribution in [0.2, 0.25) is 0 Å². The zero-order valence-electron chi connectivity index (χ0n) is 7.17. The molecule has 0 unspecified atom stereocenters. The number of aryl methyl sites for hydroxylation is 1. The van der Waals surface area contributed by atoms with Gasteiger partial charge in [-0.3, -0.25) is 0 Å². The van der Waals surface area contributed by atoms with Crippen molar-refractivity contribution in [3.05, 3.63) is 28.6 Å². The van der Waals surface area contributed by atoms with Gasteiger partial charge in [0.05, 0.1) is 0 Å². The van der Waals surface area contributed by atoms with Crippen LogP contribution >= 0.6 is 22.9 Å². The van der Waals surface area contributed by atoms with Crippen LogP contribution in [0.5, 0.6) is 5.75 Å². The fourth-order valence-corrected chi connectivity index (χ4v) is 2.74. The number of benzene rings is 1. The molecule has 0 atom stereocenters. The van der Waals surface area contributed by atoms with Crippen LogP contribution in [0, 0.1) is 6.92 Å². The molecule has 13 heavy (non-hydrogen) atoms. The first kappa shape index (κ1) is 8.85. The Morgan fingerprint density at radius 1 is 1.46 bits per heavy atom. The summed E-state index contributed by atoms with van der Waals surface area (Å²) in [5.74, 6) is 0.838. The van der Waals surface area contributed by atoms with Crippen molar-refractivity contribution >= 4 is 33.0 Å². The van der Waals surface area contributed by atoms with E-state index >= 15 is 0 Å². The Hall–Kier alpha value is -0.730. The lowest BCUT2D eigenvalue weighted by Gasteiger charge is -1.99. The zero-order valence-corrected chi connectivity index (χ0v) is 8.75. The topological polar surface area (TPSA) is 20.2 Å². The van der Waals surface area contributed by atoms with Gasteiger partial charge in [0.1, 0.15) is 5.75 Å². The van der Waals surface area contributed by atoms with Crippen LogP contribution in [0.1, 0.15) is 10.4 Å². The highest BCUT2D eigenvalue weighted by Crippen LogP contribution is 2.34. The van der Waals surface area contributed by atoms with Crippen LogP contribution in [-0.2, 0) is 5.88 Å². The molecule has 2 aromatic rings. The largest absolute Gasteiger partial charge is 0.507 e. The van der Waals surface area contributed by atoms with Gasteiger partial charge in [0.25, 0.3) is 0 Å². The minimum absolute atomic E-state index is 0.341. The van der Waals surface area contributed by atoms with Gasteiger partial charge < -0.3 is 5.11 Å². The number of aromatic hydroxyl groups is 1. The molecule has 0 saturated heterocycles. The fraction of sp³-hybridized carbons (Fsp3) is 0.200. The smallest absolute Gasteiger partial charge is 0.124 e. The molecule has 1 aromatic heterocycles. The summed E-state index contributed by atoms with van der Waals surface area (Å²) in [5.41, 5.74) is 1.09. The minimum Gasteiger partial charge on any atom is -0.507 e. The van der Waals surface area contributed by atoms with E-state index in [1.165, 1.54) is 4.88 Å². The van der Waals surface area contributed by atoms with E-state index < -0.39 is 0 Å². The number of phenolic OH excluding ortho intramolecular Hbond substituents is 1. The second-order valence-corrected chi connectivity index (χ2v) is 4.50. The summed E-state index contributed by atoms with van der Waals surface area (Å²) in [7, 11) is 0. The summed E-state index contributed by atoms with van der Waals surface area (Å²) >= 11 is 7.47. The molecule has 0 aliphatic carbocycles. The molecule has 0 fully saturated rings. The maximum Gasteiger partial charge on any atom is 0.124 e. The third kappa shape index (κ3) is 1.40. The quantitative estimate of drug-likeness (QED) is 0.716. The van der Waals surface area contributed by atoms with Crippen LogP contribution < -0.4 is 0 Å². The lowest BCUT2D eigenvalue weighted by Crippen LogP contribution is -1.76. The molecule has 1 nitrogen and oxygen atoms in total. The predicted octanol–water partition coefficient (Wildman–Crippen LogP) is 3.65. The first-order chi connectivity index (χ1) is 6.22. The van der Waals surface area contributed by atoms with Crippen molar-refractivity contribution in [3.63, 3.8) is 0 Å². The Balaban J connectivity index is 2.83. The van der Waals surface area contributed by atoms with Crippen LogP contribution in [0.3, 0.4) is 0 Å². The zero-order chi connectivity index (χ0) is 9.42.